The van der Waals surface area contributed by atoms with Gasteiger partial charge >= 0.3 is 0 Å². The molecule has 1 aliphatic heterocycles. The number of fused-ring (bicyclic) bond motifs is 4. The van der Waals surface area contributed by atoms with Crippen LogP contribution in [0, 0.1) is 0 Å². The Labute approximate surface area is 131 Å². The van der Waals surface area contributed by atoms with Gasteiger partial charge in [0.15, 0.2) is 5.16 Å². The number of aromatic nitrogens is 2. The lowest BCUT2D eigenvalue weighted by Gasteiger charge is -2.40. The molecule has 4 rings (SSSR count). The van der Waals surface area contributed by atoms with E-state index in [1.54, 1.807) is 23.1 Å². The number of hydrogen-bond donors (Lipinski definition) is 1. The molecular formula is C15H17N3OS2. The van der Waals surface area contributed by atoms with E-state index in [-0.39, 0.29) is 11.3 Å². The molecule has 1 aliphatic carbocycles. The van der Waals surface area contributed by atoms with Gasteiger partial charge < -0.3 is 5.32 Å². The Morgan fingerprint density at radius 3 is 2.90 bits per heavy atom. The maximum absolute atomic E-state index is 12.3. The quantitative estimate of drug-likeness (QED) is 0.647. The molecule has 6 heteroatoms. The van der Waals surface area contributed by atoms with E-state index in [0.717, 1.165) is 39.6 Å². The summed E-state index contributed by atoms with van der Waals surface area (Å²) < 4.78 is 1.04. The summed E-state index contributed by atoms with van der Waals surface area (Å²) in [5.41, 5.74) is 2.33. The highest BCUT2D eigenvalue weighted by molar-refractivity contribution is 7.98. The van der Waals surface area contributed by atoms with Crippen LogP contribution < -0.4 is 5.32 Å². The Morgan fingerprint density at radius 1 is 1.33 bits per heavy atom. The minimum absolute atomic E-state index is 0.0647. The van der Waals surface area contributed by atoms with Gasteiger partial charge in [-0.05, 0) is 19.1 Å². The standard InChI is InChI=1S/C15H17N3OS2/c1-20-14-16-7-9-11(18-14)10-12(21-9)13(19)17-8-15(10)5-3-2-4-6-15/h7H,2-6,8H2,1H3,(H,17,19). The summed E-state index contributed by atoms with van der Waals surface area (Å²) in [5, 5.41) is 3.90. The first kappa shape index (κ1) is 13.5. The molecule has 0 unspecified atom stereocenters. The van der Waals surface area contributed by atoms with Gasteiger partial charge in [-0.1, -0.05) is 31.0 Å². The molecule has 1 fully saturated rings. The van der Waals surface area contributed by atoms with Crippen molar-refractivity contribution in [2.24, 2.45) is 0 Å². The van der Waals surface area contributed by atoms with Gasteiger partial charge in [0.1, 0.15) is 0 Å². The molecule has 0 saturated heterocycles. The lowest BCUT2D eigenvalue weighted by molar-refractivity contribution is 0.0919. The molecule has 0 radical (unpaired) electrons. The lowest BCUT2D eigenvalue weighted by atomic mass is 9.68. The zero-order chi connectivity index (χ0) is 14.4. The van der Waals surface area contributed by atoms with Crippen molar-refractivity contribution in [1.29, 1.82) is 0 Å². The van der Waals surface area contributed by atoms with E-state index in [9.17, 15) is 4.79 Å². The van der Waals surface area contributed by atoms with Crippen molar-refractivity contribution in [2.75, 3.05) is 12.8 Å². The van der Waals surface area contributed by atoms with Gasteiger partial charge in [0.2, 0.25) is 0 Å². The van der Waals surface area contributed by atoms with E-state index in [1.165, 1.54) is 24.8 Å². The number of carbonyl (C=O) groups excluding carboxylic acids is 1. The van der Waals surface area contributed by atoms with Crippen LogP contribution in [0.1, 0.15) is 47.3 Å². The van der Waals surface area contributed by atoms with Gasteiger partial charge in [-0.3, -0.25) is 4.79 Å². The first-order valence-corrected chi connectivity index (χ1v) is 9.40. The maximum Gasteiger partial charge on any atom is 0.261 e. The highest BCUT2D eigenvalue weighted by atomic mass is 32.2. The Hall–Kier alpha value is -1.14. The first-order chi connectivity index (χ1) is 10.2. The summed E-state index contributed by atoms with van der Waals surface area (Å²) in [5.74, 6) is 0.0647. The highest BCUT2D eigenvalue weighted by Crippen LogP contribution is 2.47. The number of thioether (sulfide) groups is 1. The van der Waals surface area contributed by atoms with E-state index in [4.69, 9.17) is 4.98 Å². The second kappa shape index (κ2) is 4.95. The molecule has 1 amide bonds. The van der Waals surface area contributed by atoms with Crippen molar-refractivity contribution in [2.45, 2.75) is 42.7 Å². The highest BCUT2D eigenvalue weighted by Gasteiger charge is 2.43. The van der Waals surface area contributed by atoms with Crippen molar-refractivity contribution < 1.29 is 4.79 Å². The van der Waals surface area contributed by atoms with Crippen LogP contribution in [0.5, 0.6) is 0 Å². The largest absolute Gasteiger partial charge is 0.350 e. The molecule has 1 N–H and O–H groups in total. The monoisotopic (exact) mass is 319 g/mol. The third kappa shape index (κ3) is 1.99. The smallest absolute Gasteiger partial charge is 0.261 e. The van der Waals surface area contributed by atoms with Gasteiger partial charge in [0.25, 0.3) is 5.91 Å². The van der Waals surface area contributed by atoms with Crippen molar-refractivity contribution >= 4 is 39.2 Å². The van der Waals surface area contributed by atoms with Crippen molar-refractivity contribution in [3.05, 3.63) is 16.6 Å². The second-order valence-corrected chi connectivity index (χ2v) is 7.73. The van der Waals surface area contributed by atoms with Crippen LogP contribution in [0.3, 0.4) is 0 Å². The predicted octanol–water partition coefficient (Wildman–Crippen LogP) is 3.36. The molecule has 110 valence electrons. The van der Waals surface area contributed by atoms with Crippen LogP contribution in [0.4, 0.5) is 0 Å². The van der Waals surface area contributed by atoms with E-state index in [1.807, 2.05) is 12.5 Å². The normalized spacial score (nSPS) is 20.5. The number of carbonyl (C=O) groups is 1. The van der Waals surface area contributed by atoms with E-state index < -0.39 is 0 Å². The van der Waals surface area contributed by atoms with Crippen molar-refractivity contribution in [1.82, 2.24) is 15.3 Å². The molecule has 4 nitrogen and oxygen atoms in total. The Kier molecular flexibility index (Phi) is 3.19. The van der Waals surface area contributed by atoms with Crippen molar-refractivity contribution in [3.8, 4) is 0 Å². The molecule has 2 aromatic heterocycles. The van der Waals surface area contributed by atoms with Crippen LogP contribution in [0.15, 0.2) is 11.4 Å². The zero-order valence-electron chi connectivity index (χ0n) is 11.9. The molecule has 2 aliphatic rings. The van der Waals surface area contributed by atoms with Crippen molar-refractivity contribution in [3.63, 3.8) is 0 Å². The molecule has 0 bridgehead atoms. The van der Waals surface area contributed by atoms with Gasteiger partial charge in [-0.15, -0.1) is 11.3 Å². The summed E-state index contributed by atoms with van der Waals surface area (Å²) in [7, 11) is 0. The minimum atomic E-state index is 0.0647. The molecule has 1 saturated carbocycles. The fraction of sp³-hybridized carbons (Fsp3) is 0.533. The number of nitrogens with zero attached hydrogens (tertiary/aromatic N) is 2. The average molecular weight is 319 g/mol. The molecule has 3 heterocycles. The summed E-state index contributed by atoms with van der Waals surface area (Å²) in [6.45, 7) is 0.767. The summed E-state index contributed by atoms with van der Waals surface area (Å²) in [4.78, 5) is 22.2. The molecule has 21 heavy (non-hydrogen) atoms. The summed E-state index contributed by atoms with van der Waals surface area (Å²) in [6, 6.07) is 0. The molecule has 2 aromatic rings. The van der Waals surface area contributed by atoms with Crippen LogP contribution in [-0.4, -0.2) is 28.7 Å². The van der Waals surface area contributed by atoms with E-state index >= 15 is 0 Å². The molecule has 1 spiro atoms. The number of amides is 1. The maximum atomic E-state index is 12.3. The topological polar surface area (TPSA) is 54.9 Å². The van der Waals surface area contributed by atoms with Crippen LogP contribution in [0.2, 0.25) is 0 Å². The Balaban J connectivity index is 1.99. The van der Waals surface area contributed by atoms with Gasteiger partial charge in [-0.25, -0.2) is 9.97 Å². The summed E-state index contributed by atoms with van der Waals surface area (Å²) in [6.07, 6.45) is 9.97. The summed E-state index contributed by atoms with van der Waals surface area (Å²) >= 11 is 3.10. The Morgan fingerprint density at radius 2 is 2.14 bits per heavy atom. The number of nitrogens with one attached hydrogen (secondary N) is 1. The molecule has 0 aromatic carbocycles. The van der Waals surface area contributed by atoms with Crippen LogP contribution in [0.25, 0.3) is 10.2 Å². The van der Waals surface area contributed by atoms with Gasteiger partial charge in [-0.2, -0.15) is 0 Å². The van der Waals surface area contributed by atoms with Crippen LogP contribution >= 0.6 is 23.1 Å². The third-order valence-electron chi connectivity index (χ3n) is 4.73. The third-order valence-corrected chi connectivity index (χ3v) is 6.40. The number of hydrogen-bond acceptors (Lipinski definition) is 5. The fourth-order valence-electron chi connectivity index (χ4n) is 3.70. The molecule has 0 atom stereocenters. The Bertz CT molecular complexity index is 719. The van der Waals surface area contributed by atoms with Gasteiger partial charge in [0, 0.05) is 23.7 Å². The van der Waals surface area contributed by atoms with E-state index in [2.05, 4.69) is 10.3 Å². The lowest BCUT2D eigenvalue weighted by Crippen LogP contribution is -2.47. The zero-order valence-corrected chi connectivity index (χ0v) is 13.6. The van der Waals surface area contributed by atoms with E-state index in [0.29, 0.717) is 0 Å². The number of rotatable bonds is 1. The molecular weight excluding hydrogens is 302 g/mol. The van der Waals surface area contributed by atoms with Crippen LogP contribution in [-0.2, 0) is 5.41 Å². The van der Waals surface area contributed by atoms with Gasteiger partial charge in [0.05, 0.1) is 15.1 Å². The minimum Gasteiger partial charge on any atom is -0.350 e. The number of thiophene rings is 1. The SMILES string of the molecule is CSc1ncc2sc3c(c2n1)C1(CCCCC1)CNC3=O. The second-order valence-electron chi connectivity index (χ2n) is 5.90. The first-order valence-electron chi connectivity index (χ1n) is 7.36. The fourth-order valence-corrected chi connectivity index (χ4v) is 5.19. The predicted molar refractivity (Wildman–Crippen MR) is 86.3 cm³/mol. The average Bonchev–Trinajstić information content (AvgIpc) is 2.92.